The number of hydrogen-bond donors (Lipinski definition) is 2. The topological polar surface area (TPSA) is 82.8 Å². The molecular formula is C19H25ClN2O4. The number of amides is 1. The molecule has 0 aromatic heterocycles. The number of nitrogens with two attached hydrogens (primary N) is 1. The van der Waals surface area contributed by atoms with Crippen LogP contribution in [0.5, 0.6) is 11.5 Å². The van der Waals surface area contributed by atoms with Crippen LogP contribution in [0, 0.1) is 0 Å². The van der Waals surface area contributed by atoms with Crippen molar-refractivity contribution >= 4 is 18.3 Å². The fourth-order valence-electron chi connectivity index (χ4n) is 2.25. The van der Waals surface area contributed by atoms with E-state index in [9.17, 15) is 4.79 Å². The fraction of sp³-hybridized carbons (Fsp3) is 0.316. The maximum Gasteiger partial charge on any atom is 0.239 e. The highest BCUT2D eigenvalue weighted by Crippen LogP contribution is 2.28. The maximum atomic E-state index is 11.8. The Balaban J connectivity index is 0.00000338. The molecule has 1 amide bonds. The average Bonchev–Trinajstić information content (AvgIpc) is 2.65. The number of ether oxygens (including phenoxy) is 3. The molecule has 0 heterocycles. The predicted molar refractivity (Wildman–Crippen MR) is 103 cm³/mol. The number of halogens is 1. The Labute approximate surface area is 160 Å². The highest BCUT2D eigenvalue weighted by atomic mass is 35.5. The molecule has 1 atom stereocenters. The third-order valence-electron chi connectivity index (χ3n) is 3.61. The first-order valence-electron chi connectivity index (χ1n) is 8.00. The van der Waals surface area contributed by atoms with E-state index in [4.69, 9.17) is 19.9 Å². The van der Waals surface area contributed by atoms with E-state index in [1.54, 1.807) is 7.11 Å². The van der Waals surface area contributed by atoms with Crippen LogP contribution in [0.3, 0.4) is 0 Å². The van der Waals surface area contributed by atoms with Crippen LogP contribution in [-0.2, 0) is 22.7 Å². The van der Waals surface area contributed by atoms with Crippen molar-refractivity contribution in [1.82, 2.24) is 5.32 Å². The number of methoxy groups -OCH3 is 2. The van der Waals surface area contributed by atoms with Gasteiger partial charge in [0.2, 0.25) is 5.91 Å². The first-order valence-corrected chi connectivity index (χ1v) is 8.00. The van der Waals surface area contributed by atoms with Gasteiger partial charge in [-0.3, -0.25) is 4.79 Å². The zero-order chi connectivity index (χ0) is 18.1. The molecule has 2 aromatic rings. The largest absolute Gasteiger partial charge is 0.493 e. The van der Waals surface area contributed by atoms with E-state index in [1.807, 2.05) is 48.5 Å². The lowest BCUT2D eigenvalue weighted by atomic mass is 10.2. The van der Waals surface area contributed by atoms with Crippen LogP contribution >= 0.6 is 12.4 Å². The Morgan fingerprint density at radius 2 is 1.81 bits per heavy atom. The van der Waals surface area contributed by atoms with Crippen molar-refractivity contribution in [2.24, 2.45) is 5.73 Å². The quantitative estimate of drug-likeness (QED) is 0.697. The van der Waals surface area contributed by atoms with Crippen molar-refractivity contribution in [2.45, 2.75) is 19.2 Å². The lowest BCUT2D eigenvalue weighted by Gasteiger charge is -2.14. The number of carbonyl (C=O) groups is 1. The van der Waals surface area contributed by atoms with Crippen LogP contribution in [0.2, 0.25) is 0 Å². The maximum absolute atomic E-state index is 11.8. The molecule has 0 fully saturated rings. The molecule has 3 N–H and O–H groups in total. The molecule has 2 aromatic carbocycles. The summed E-state index contributed by atoms with van der Waals surface area (Å²) in [7, 11) is 3.09. The average molecular weight is 381 g/mol. The molecule has 0 spiro atoms. The Kier molecular flexibility index (Phi) is 9.51. The number of rotatable bonds is 9. The third-order valence-corrected chi connectivity index (χ3v) is 3.61. The highest BCUT2D eigenvalue weighted by Gasteiger charge is 2.13. The molecule has 26 heavy (non-hydrogen) atoms. The van der Waals surface area contributed by atoms with Crippen LogP contribution in [0.25, 0.3) is 0 Å². The van der Waals surface area contributed by atoms with Crippen molar-refractivity contribution in [3.05, 3.63) is 59.7 Å². The smallest absolute Gasteiger partial charge is 0.239 e. The Hall–Kier alpha value is -2.28. The Morgan fingerprint density at radius 3 is 2.46 bits per heavy atom. The molecule has 0 saturated carbocycles. The number of carbonyl (C=O) groups excluding carboxylic acids is 1. The van der Waals surface area contributed by atoms with Crippen LogP contribution in [0.15, 0.2) is 48.5 Å². The predicted octanol–water partition coefficient (Wildman–Crippen LogP) is 2.29. The molecule has 142 valence electrons. The van der Waals surface area contributed by atoms with Gasteiger partial charge in [-0.15, -0.1) is 12.4 Å². The van der Waals surface area contributed by atoms with Crippen LogP contribution in [-0.4, -0.2) is 32.8 Å². The van der Waals surface area contributed by atoms with E-state index in [1.165, 1.54) is 7.11 Å². The standard InChI is InChI=1S/C19H24N2O4.ClH/c1-23-13-16(20)19(22)21-11-15-8-9-17(18(10-15)24-2)25-12-14-6-4-3-5-7-14;/h3-10,16H,11-13,20H2,1-2H3,(H,21,22);1H. The molecule has 0 aliphatic heterocycles. The lowest BCUT2D eigenvalue weighted by Crippen LogP contribution is -2.43. The number of nitrogens with one attached hydrogen (secondary N) is 1. The summed E-state index contributed by atoms with van der Waals surface area (Å²) in [5.41, 5.74) is 7.65. The molecule has 2 rings (SSSR count). The fourth-order valence-corrected chi connectivity index (χ4v) is 2.25. The molecule has 0 saturated heterocycles. The minimum atomic E-state index is -0.680. The summed E-state index contributed by atoms with van der Waals surface area (Å²) in [6, 6.07) is 14.8. The van der Waals surface area contributed by atoms with Gasteiger partial charge in [0.25, 0.3) is 0 Å². The SMILES string of the molecule is COCC(N)C(=O)NCc1ccc(OCc2ccccc2)c(OC)c1.Cl. The summed E-state index contributed by atoms with van der Waals surface area (Å²) >= 11 is 0. The van der Waals surface area contributed by atoms with Gasteiger partial charge in [-0.25, -0.2) is 0 Å². The summed E-state index contributed by atoms with van der Waals surface area (Å²) in [4.78, 5) is 11.8. The summed E-state index contributed by atoms with van der Waals surface area (Å²) in [5, 5.41) is 2.77. The van der Waals surface area contributed by atoms with Gasteiger partial charge in [0.05, 0.1) is 13.7 Å². The molecule has 1 unspecified atom stereocenters. The van der Waals surface area contributed by atoms with Crippen molar-refractivity contribution in [2.75, 3.05) is 20.8 Å². The second-order valence-corrected chi connectivity index (χ2v) is 5.54. The van der Waals surface area contributed by atoms with E-state index in [2.05, 4.69) is 5.32 Å². The van der Waals surface area contributed by atoms with Crippen LogP contribution in [0.1, 0.15) is 11.1 Å². The zero-order valence-electron chi connectivity index (χ0n) is 14.9. The molecule has 0 aliphatic rings. The molecule has 0 aliphatic carbocycles. The molecule has 0 bridgehead atoms. The zero-order valence-corrected chi connectivity index (χ0v) is 15.8. The van der Waals surface area contributed by atoms with Gasteiger partial charge >= 0.3 is 0 Å². The lowest BCUT2D eigenvalue weighted by molar-refractivity contribution is -0.123. The van der Waals surface area contributed by atoms with Crippen LogP contribution in [0.4, 0.5) is 0 Å². The first-order chi connectivity index (χ1) is 12.1. The van der Waals surface area contributed by atoms with Crippen molar-refractivity contribution in [1.29, 1.82) is 0 Å². The van der Waals surface area contributed by atoms with E-state index < -0.39 is 6.04 Å². The minimum absolute atomic E-state index is 0. The summed E-state index contributed by atoms with van der Waals surface area (Å²) in [6.45, 7) is 0.992. The highest BCUT2D eigenvalue weighted by molar-refractivity contribution is 5.85. The summed E-state index contributed by atoms with van der Waals surface area (Å²) < 4.78 is 16.1. The van der Waals surface area contributed by atoms with Gasteiger partial charge in [0.15, 0.2) is 11.5 Å². The van der Waals surface area contributed by atoms with E-state index in [0.717, 1.165) is 11.1 Å². The molecule has 7 heteroatoms. The Bertz CT molecular complexity index is 682. The van der Waals surface area contributed by atoms with Gasteiger partial charge in [-0.2, -0.15) is 0 Å². The first kappa shape index (κ1) is 21.8. The van der Waals surface area contributed by atoms with Gasteiger partial charge in [-0.1, -0.05) is 36.4 Å². The monoisotopic (exact) mass is 380 g/mol. The second kappa shape index (κ2) is 11.4. The number of benzene rings is 2. The van der Waals surface area contributed by atoms with Crippen molar-refractivity contribution in [3.63, 3.8) is 0 Å². The number of hydrogen-bond acceptors (Lipinski definition) is 5. The molecule has 6 nitrogen and oxygen atoms in total. The second-order valence-electron chi connectivity index (χ2n) is 5.54. The molecular weight excluding hydrogens is 356 g/mol. The van der Waals surface area contributed by atoms with Gasteiger partial charge in [0, 0.05) is 13.7 Å². The van der Waals surface area contributed by atoms with Gasteiger partial charge in [-0.05, 0) is 23.3 Å². The van der Waals surface area contributed by atoms with Crippen LogP contribution < -0.4 is 20.5 Å². The van der Waals surface area contributed by atoms with Gasteiger partial charge in [0.1, 0.15) is 12.6 Å². The normalized spacial score (nSPS) is 11.2. The van der Waals surface area contributed by atoms with Gasteiger partial charge < -0.3 is 25.3 Å². The van der Waals surface area contributed by atoms with Crippen molar-refractivity contribution < 1.29 is 19.0 Å². The van der Waals surface area contributed by atoms with E-state index in [0.29, 0.717) is 24.7 Å². The van der Waals surface area contributed by atoms with E-state index in [-0.39, 0.29) is 24.9 Å². The Morgan fingerprint density at radius 1 is 1.08 bits per heavy atom. The molecule has 0 radical (unpaired) electrons. The summed E-state index contributed by atoms with van der Waals surface area (Å²) in [5.74, 6) is 1.01. The van der Waals surface area contributed by atoms with E-state index >= 15 is 0 Å². The summed E-state index contributed by atoms with van der Waals surface area (Å²) in [6.07, 6.45) is 0. The minimum Gasteiger partial charge on any atom is -0.493 e. The van der Waals surface area contributed by atoms with Crippen molar-refractivity contribution in [3.8, 4) is 11.5 Å². The third kappa shape index (κ3) is 6.55.